The van der Waals surface area contributed by atoms with Crippen LogP contribution in [0.4, 0.5) is 13.2 Å². The molecule has 0 spiro atoms. The van der Waals surface area contributed by atoms with Gasteiger partial charge in [0.25, 0.3) is 0 Å². The summed E-state index contributed by atoms with van der Waals surface area (Å²) >= 11 is 0. The van der Waals surface area contributed by atoms with Gasteiger partial charge in [0.15, 0.2) is 8.32 Å². The normalized spacial score (nSPS) is 29.8. The third-order valence-corrected chi connectivity index (χ3v) is 6.23. The van der Waals surface area contributed by atoms with Crippen LogP contribution in [0.15, 0.2) is 30.3 Å². The fourth-order valence-corrected chi connectivity index (χ4v) is 5.75. The molecular formula is C19H26F3NO2Si. The molecule has 0 N–H and O–H groups in total. The summed E-state index contributed by atoms with van der Waals surface area (Å²) in [5, 5.41) is 0. The molecule has 26 heavy (non-hydrogen) atoms. The number of halogens is 3. The molecule has 3 atom stereocenters. The molecule has 0 radical (unpaired) electrons. The number of amides is 1. The Morgan fingerprint density at radius 3 is 2.35 bits per heavy atom. The second-order valence-corrected chi connectivity index (χ2v) is 12.7. The first-order chi connectivity index (χ1) is 12.1. The van der Waals surface area contributed by atoms with E-state index in [0.717, 1.165) is 11.3 Å². The van der Waals surface area contributed by atoms with Crippen LogP contribution in [-0.4, -0.2) is 31.0 Å². The van der Waals surface area contributed by atoms with Crippen LogP contribution in [0.3, 0.4) is 0 Å². The van der Waals surface area contributed by atoms with Gasteiger partial charge in [-0.05, 0) is 38.0 Å². The molecule has 0 aromatic heterocycles. The largest absolute Gasteiger partial charge is 0.436 e. The van der Waals surface area contributed by atoms with Crippen molar-refractivity contribution in [2.45, 2.75) is 63.8 Å². The Morgan fingerprint density at radius 1 is 1.15 bits per heavy atom. The average Bonchev–Trinajstić information content (AvgIpc) is 2.78. The second-order valence-electron chi connectivity index (χ2n) is 8.32. The van der Waals surface area contributed by atoms with E-state index in [4.69, 9.17) is 4.43 Å². The van der Waals surface area contributed by atoms with E-state index in [1.165, 1.54) is 0 Å². The summed E-state index contributed by atoms with van der Waals surface area (Å²) in [7, 11) is -2.58. The van der Waals surface area contributed by atoms with Gasteiger partial charge in [-0.1, -0.05) is 43.2 Å². The van der Waals surface area contributed by atoms with Crippen molar-refractivity contribution < 1.29 is 22.4 Å². The molecule has 1 saturated carbocycles. The topological polar surface area (TPSA) is 29.5 Å². The smallest absolute Gasteiger partial charge is 0.388 e. The second kappa shape index (κ2) is 6.67. The lowest BCUT2D eigenvalue weighted by molar-refractivity contribution is -0.313. The number of carbonyl (C=O) groups is 1. The third kappa shape index (κ3) is 3.31. The van der Waals surface area contributed by atoms with Crippen LogP contribution in [0.25, 0.3) is 0 Å². The zero-order valence-corrected chi connectivity index (χ0v) is 16.5. The van der Waals surface area contributed by atoms with Crippen molar-refractivity contribution in [3.8, 4) is 0 Å². The van der Waals surface area contributed by atoms with Gasteiger partial charge in [-0.2, -0.15) is 13.2 Å². The standard InChI is InChI=1S/C19H26F3NO2Si/c1-26(2,3)25-18(19(20,21)22)16-12-8-7-11-15(16)17(24)23(18)13-14-9-5-4-6-10-14/h4-6,9-10,15-16H,7-8,11-13H2,1-3H3. The maximum absolute atomic E-state index is 14.5. The van der Waals surface area contributed by atoms with Crippen molar-refractivity contribution in [1.82, 2.24) is 4.90 Å². The quantitative estimate of drug-likeness (QED) is 0.687. The van der Waals surface area contributed by atoms with Crippen molar-refractivity contribution in [1.29, 1.82) is 0 Å². The monoisotopic (exact) mass is 385 g/mol. The van der Waals surface area contributed by atoms with Crippen molar-refractivity contribution in [2.75, 3.05) is 0 Å². The predicted octanol–water partition coefficient (Wildman–Crippen LogP) is 4.95. The van der Waals surface area contributed by atoms with E-state index in [1.807, 2.05) is 6.07 Å². The van der Waals surface area contributed by atoms with Gasteiger partial charge >= 0.3 is 6.18 Å². The number of hydrogen-bond donors (Lipinski definition) is 0. The number of carbonyl (C=O) groups excluding carboxylic acids is 1. The predicted molar refractivity (Wildman–Crippen MR) is 95.7 cm³/mol. The van der Waals surface area contributed by atoms with Crippen molar-refractivity contribution in [3.63, 3.8) is 0 Å². The summed E-state index contributed by atoms with van der Waals surface area (Å²) in [6.07, 6.45) is -2.23. The molecule has 1 aliphatic carbocycles. The maximum atomic E-state index is 14.5. The Kier molecular flexibility index (Phi) is 4.98. The molecule has 0 bridgehead atoms. The lowest BCUT2D eigenvalue weighted by Crippen LogP contribution is -2.64. The fourth-order valence-electron chi connectivity index (χ4n) is 4.44. The highest BCUT2D eigenvalue weighted by molar-refractivity contribution is 6.69. The highest BCUT2D eigenvalue weighted by Crippen LogP contribution is 2.56. The minimum Gasteiger partial charge on any atom is -0.388 e. The first-order valence-electron chi connectivity index (χ1n) is 9.18. The molecule has 2 fully saturated rings. The van der Waals surface area contributed by atoms with E-state index in [0.29, 0.717) is 24.8 Å². The molecule has 144 valence electrons. The van der Waals surface area contributed by atoms with Crippen LogP contribution in [0.2, 0.25) is 19.6 Å². The van der Waals surface area contributed by atoms with Crippen LogP contribution >= 0.6 is 0 Å². The average molecular weight is 386 g/mol. The number of nitrogens with zero attached hydrogens (tertiary/aromatic N) is 1. The van der Waals surface area contributed by atoms with E-state index in [1.54, 1.807) is 43.9 Å². The zero-order chi connectivity index (χ0) is 19.2. The number of rotatable bonds is 4. The van der Waals surface area contributed by atoms with Gasteiger partial charge in [0.2, 0.25) is 11.6 Å². The van der Waals surface area contributed by atoms with Crippen LogP contribution in [0.1, 0.15) is 31.2 Å². The van der Waals surface area contributed by atoms with Gasteiger partial charge in [0, 0.05) is 18.4 Å². The number of likely N-dealkylation sites (tertiary alicyclic amines) is 1. The number of hydrogen-bond acceptors (Lipinski definition) is 2. The number of alkyl halides is 3. The molecule has 1 aliphatic heterocycles. The molecule has 1 aromatic rings. The summed E-state index contributed by atoms with van der Waals surface area (Å²) in [5.41, 5.74) is -1.82. The van der Waals surface area contributed by atoms with Crippen molar-refractivity contribution in [3.05, 3.63) is 35.9 Å². The van der Waals surface area contributed by atoms with Crippen LogP contribution in [0.5, 0.6) is 0 Å². The first kappa shape index (κ1) is 19.4. The SMILES string of the molecule is C[Si](C)(C)OC1(C(F)(F)F)C2CCCCC2C(=O)N1Cc1ccccc1. The molecule has 3 rings (SSSR count). The maximum Gasteiger partial charge on any atom is 0.436 e. The molecular weight excluding hydrogens is 359 g/mol. The Hall–Kier alpha value is -1.34. The molecule has 7 heteroatoms. The first-order valence-corrected chi connectivity index (χ1v) is 12.6. The Bertz CT molecular complexity index is 659. The zero-order valence-electron chi connectivity index (χ0n) is 15.5. The Morgan fingerprint density at radius 2 is 1.77 bits per heavy atom. The van der Waals surface area contributed by atoms with Gasteiger partial charge in [-0.3, -0.25) is 4.79 Å². The van der Waals surface area contributed by atoms with Crippen molar-refractivity contribution >= 4 is 14.2 Å². The molecule has 1 amide bonds. The lowest BCUT2D eigenvalue weighted by atomic mass is 9.76. The molecule has 2 aliphatic rings. The Balaban J connectivity index is 2.11. The van der Waals surface area contributed by atoms with Crippen LogP contribution in [0, 0.1) is 11.8 Å². The van der Waals surface area contributed by atoms with E-state index >= 15 is 0 Å². The van der Waals surface area contributed by atoms with Gasteiger partial charge in [0.05, 0.1) is 0 Å². The summed E-state index contributed by atoms with van der Waals surface area (Å²) in [4.78, 5) is 14.1. The summed E-state index contributed by atoms with van der Waals surface area (Å²) < 4.78 is 49.5. The molecule has 3 nitrogen and oxygen atoms in total. The van der Waals surface area contributed by atoms with Gasteiger partial charge < -0.3 is 9.33 Å². The highest BCUT2D eigenvalue weighted by atomic mass is 28.4. The van der Waals surface area contributed by atoms with Gasteiger partial charge in [-0.25, -0.2) is 0 Å². The number of benzene rings is 1. The summed E-state index contributed by atoms with van der Waals surface area (Å²) in [6, 6.07) is 8.87. The number of fused-ring (bicyclic) bond motifs is 1. The molecule has 1 aromatic carbocycles. The van der Waals surface area contributed by atoms with E-state index in [2.05, 4.69) is 0 Å². The van der Waals surface area contributed by atoms with E-state index in [-0.39, 0.29) is 6.54 Å². The van der Waals surface area contributed by atoms with Crippen LogP contribution in [-0.2, 0) is 15.8 Å². The van der Waals surface area contributed by atoms with Crippen molar-refractivity contribution in [2.24, 2.45) is 11.8 Å². The molecule has 3 unspecified atom stereocenters. The summed E-state index contributed by atoms with van der Waals surface area (Å²) in [5.74, 6) is -1.82. The molecule has 1 heterocycles. The Labute approximate surface area is 153 Å². The van der Waals surface area contributed by atoms with Gasteiger partial charge in [0.1, 0.15) is 0 Å². The van der Waals surface area contributed by atoms with Crippen LogP contribution < -0.4 is 0 Å². The minimum absolute atomic E-state index is 0.0728. The third-order valence-electron chi connectivity index (χ3n) is 5.30. The lowest BCUT2D eigenvalue weighted by Gasteiger charge is -2.47. The van der Waals surface area contributed by atoms with E-state index < -0.39 is 38.0 Å². The molecule has 1 saturated heterocycles. The fraction of sp³-hybridized carbons (Fsp3) is 0.632. The highest BCUT2D eigenvalue weighted by Gasteiger charge is 2.73. The minimum atomic E-state index is -4.63. The van der Waals surface area contributed by atoms with Gasteiger partial charge in [-0.15, -0.1) is 0 Å². The summed E-state index contributed by atoms with van der Waals surface area (Å²) in [6.45, 7) is 5.18. The van der Waals surface area contributed by atoms with E-state index in [9.17, 15) is 18.0 Å².